The highest BCUT2D eigenvalue weighted by atomic mass is 35.5. The average Bonchev–Trinajstić information content (AvgIpc) is 3.28. The lowest BCUT2D eigenvalue weighted by Gasteiger charge is -2.35. The second kappa shape index (κ2) is 9.96. The molecule has 0 radical (unpaired) electrons. The van der Waals surface area contributed by atoms with E-state index in [4.69, 9.17) is 25.8 Å². The minimum absolute atomic E-state index is 0.106. The summed E-state index contributed by atoms with van der Waals surface area (Å²) in [6.07, 6.45) is -3.24. The van der Waals surface area contributed by atoms with E-state index >= 15 is 0 Å². The van der Waals surface area contributed by atoms with Gasteiger partial charge in [0.25, 0.3) is 5.91 Å². The first-order valence-electron chi connectivity index (χ1n) is 10.5. The van der Waals surface area contributed by atoms with E-state index in [9.17, 15) is 22.8 Å². The third-order valence-electron chi connectivity index (χ3n) is 5.49. The van der Waals surface area contributed by atoms with Gasteiger partial charge in [0.2, 0.25) is 6.79 Å². The van der Waals surface area contributed by atoms with Crippen LogP contribution >= 0.6 is 11.6 Å². The number of anilines is 1. The van der Waals surface area contributed by atoms with Gasteiger partial charge in [-0.3, -0.25) is 9.59 Å². The Bertz CT molecular complexity index is 1070. The smallest absolute Gasteiger partial charge is 0.417 e. The molecule has 1 aromatic carbocycles. The Morgan fingerprint density at radius 1 is 1.09 bits per heavy atom. The van der Waals surface area contributed by atoms with Gasteiger partial charge in [-0.15, -0.1) is 0 Å². The molecule has 0 bridgehead atoms. The van der Waals surface area contributed by atoms with Gasteiger partial charge < -0.3 is 24.0 Å². The molecule has 1 amide bonds. The van der Waals surface area contributed by atoms with Crippen LogP contribution in [-0.2, 0) is 26.9 Å². The fourth-order valence-electron chi connectivity index (χ4n) is 3.63. The molecule has 0 saturated carbocycles. The zero-order chi connectivity index (χ0) is 24.3. The fraction of sp³-hybridized carbons (Fsp3) is 0.409. The number of ether oxygens (including phenoxy) is 3. The van der Waals surface area contributed by atoms with Gasteiger partial charge in [-0.2, -0.15) is 13.2 Å². The van der Waals surface area contributed by atoms with E-state index in [-0.39, 0.29) is 36.6 Å². The summed E-state index contributed by atoms with van der Waals surface area (Å²) in [7, 11) is 0. The average molecular weight is 500 g/mol. The molecule has 1 fully saturated rings. The van der Waals surface area contributed by atoms with Gasteiger partial charge >= 0.3 is 12.1 Å². The molecule has 2 aromatic rings. The zero-order valence-corrected chi connectivity index (χ0v) is 18.7. The van der Waals surface area contributed by atoms with Gasteiger partial charge in [-0.1, -0.05) is 17.7 Å². The maximum Gasteiger partial charge on any atom is 0.417 e. The summed E-state index contributed by atoms with van der Waals surface area (Å²) in [6.45, 7) is 1.06. The first-order valence-corrected chi connectivity index (χ1v) is 10.9. The molecule has 182 valence electrons. The Balaban J connectivity index is 1.20. The third-order valence-corrected chi connectivity index (χ3v) is 5.77. The van der Waals surface area contributed by atoms with E-state index in [1.807, 2.05) is 6.07 Å². The summed E-state index contributed by atoms with van der Waals surface area (Å²) in [5, 5.41) is -0.106. The fourth-order valence-corrected chi connectivity index (χ4v) is 3.92. The Morgan fingerprint density at radius 2 is 1.82 bits per heavy atom. The molecule has 12 heteroatoms. The van der Waals surface area contributed by atoms with Crippen molar-refractivity contribution in [3.63, 3.8) is 0 Å². The van der Waals surface area contributed by atoms with Crippen LogP contribution < -0.4 is 14.4 Å². The molecule has 0 aliphatic carbocycles. The number of piperazine rings is 1. The first-order chi connectivity index (χ1) is 16.2. The number of aryl methyl sites for hydroxylation is 1. The van der Waals surface area contributed by atoms with Crippen molar-refractivity contribution >= 4 is 29.3 Å². The Morgan fingerprint density at radius 3 is 2.53 bits per heavy atom. The Labute approximate surface area is 198 Å². The molecule has 0 atom stereocenters. The summed E-state index contributed by atoms with van der Waals surface area (Å²) in [5.41, 5.74) is -0.0328. The minimum Gasteiger partial charge on any atom is -0.456 e. The van der Waals surface area contributed by atoms with Crippen LogP contribution in [0.2, 0.25) is 5.02 Å². The quantitative estimate of drug-likeness (QED) is 0.564. The van der Waals surface area contributed by atoms with Crippen LogP contribution in [0.5, 0.6) is 11.5 Å². The highest BCUT2D eigenvalue weighted by Gasteiger charge is 2.32. The largest absolute Gasteiger partial charge is 0.456 e. The van der Waals surface area contributed by atoms with Gasteiger partial charge in [0.05, 0.1) is 10.6 Å². The molecule has 0 spiro atoms. The van der Waals surface area contributed by atoms with Crippen molar-refractivity contribution in [2.24, 2.45) is 0 Å². The topological polar surface area (TPSA) is 81.2 Å². The van der Waals surface area contributed by atoms with Crippen molar-refractivity contribution in [1.82, 2.24) is 9.88 Å². The van der Waals surface area contributed by atoms with E-state index in [1.165, 1.54) is 4.90 Å². The highest BCUT2D eigenvalue weighted by Crippen LogP contribution is 2.34. The molecule has 3 heterocycles. The van der Waals surface area contributed by atoms with Crippen LogP contribution in [0.1, 0.15) is 17.5 Å². The molecule has 2 aliphatic heterocycles. The standard InChI is InChI=1S/C22H21ClF3N3O5/c23-16-10-15(22(24,25)26)11-27-21(16)29-7-5-28(6-8-29)19(30)12-32-20(31)4-2-14-1-3-17-18(9-14)34-13-33-17/h1,3,9-11H,2,4-8,12-13H2. The SMILES string of the molecule is O=C(CCc1ccc2c(c1)OCO2)OCC(=O)N1CCN(c2ncc(C(F)(F)F)cc2Cl)CC1. The molecular weight excluding hydrogens is 479 g/mol. The number of amides is 1. The summed E-state index contributed by atoms with van der Waals surface area (Å²) in [5.74, 6) is 0.686. The minimum atomic E-state index is -4.53. The number of carbonyl (C=O) groups is 2. The molecule has 34 heavy (non-hydrogen) atoms. The molecule has 1 saturated heterocycles. The van der Waals surface area contributed by atoms with E-state index < -0.39 is 17.7 Å². The van der Waals surface area contributed by atoms with Crippen LogP contribution in [0.3, 0.4) is 0 Å². The number of halogens is 4. The van der Waals surface area contributed by atoms with E-state index in [0.29, 0.717) is 44.1 Å². The van der Waals surface area contributed by atoms with Gasteiger partial charge in [0.1, 0.15) is 5.82 Å². The number of carbonyl (C=O) groups excluding carboxylic acids is 2. The van der Waals surface area contributed by atoms with E-state index in [0.717, 1.165) is 17.8 Å². The number of rotatable bonds is 6. The van der Waals surface area contributed by atoms with Crippen LogP contribution in [0.4, 0.5) is 19.0 Å². The van der Waals surface area contributed by atoms with Gasteiger partial charge in [-0.05, 0) is 30.2 Å². The summed E-state index contributed by atoms with van der Waals surface area (Å²) in [4.78, 5) is 31.5. The predicted octanol–water partition coefficient (Wildman–Crippen LogP) is 3.31. The van der Waals surface area contributed by atoms with E-state index in [1.54, 1.807) is 17.0 Å². The summed E-state index contributed by atoms with van der Waals surface area (Å²) < 4.78 is 54.0. The Kier molecular flexibility index (Phi) is 7.01. The maximum absolute atomic E-state index is 12.8. The monoisotopic (exact) mass is 499 g/mol. The van der Waals surface area contributed by atoms with Crippen molar-refractivity contribution in [3.8, 4) is 11.5 Å². The predicted molar refractivity (Wildman–Crippen MR) is 115 cm³/mol. The van der Waals surface area contributed by atoms with Crippen LogP contribution in [0, 0.1) is 0 Å². The number of alkyl halides is 3. The number of hydrogen-bond acceptors (Lipinski definition) is 7. The number of pyridine rings is 1. The number of aromatic nitrogens is 1. The number of benzene rings is 1. The number of esters is 1. The van der Waals surface area contributed by atoms with Crippen LogP contribution in [-0.4, -0.2) is 61.3 Å². The Hall–Kier alpha value is -3.21. The zero-order valence-electron chi connectivity index (χ0n) is 17.9. The van der Waals surface area contributed by atoms with Crippen molar-refractivity contribution < 1.29 is 37.0 Å². The molecule has 8 nitrogen and oxygen atoms in total. The van der Waals surface area contributed by atoms with Crippen molar-refractivity contribution in [3.05, 3.63) is 46.6 Å². The molecule has 0 unspecified atom stereocenters. The molecular formula is C22H21ClF3N3O5. The summed E-state index contributed by atoms with van der Waals surface area (Å²) >= 11 is 6.00. The number of hydrogen-bond donors (Lipinski definition) is 0. The first kappa shape index (κ1) is 23.9. The number of fused-ring (bicyclic) bond motifs is 1. The third kappa shape index (κ3) is 5.64. The van der Waals surface area contributed by atoms with Gasteiger partial charge in [0.15, 0.2) is 18.1 Å². The highest BCUT2D eigenvalue weighted by molar-refractivity contribution is 6.33. The van der Waals surface area contributed by atoms with Crippen molar-refractivity contribution in [2.45, 2.75) is 19.0 Å². The van der Waals surface area contributed by atoms with Crippen molar-refractivity contribution in [2.75, 3.05) is 44.5 Å². The lowest BCUT2D eigenvalue weighted by molar-refractivity contribution is -0.152. The molecule has 0 N–H and O–H groups in total. The van der Waals surface area contributed by atoms with Crippen LogP contribution in [0.25, 0.3) is 0 Å². The lowest BCUT2D eigenvalue weighted by Crippen LogP contribution is -2.50. The summed E-state index contributed by atoms with van der Waals surface area (Å²) in [6, 6.07) is 6.26. The second-order valence-electron chi connectivity index (χ2n) is 7.74. The number of nitrogens with zero attached hydrogens (tertiary/aromatic N) is 3. The lowest BCUT2D eigenvalue weighted by atomic mass is 10.1. The van der Waals surface area contributed by atoms with Crippen LogP contribution in [0.15, 0.2) is 30.5 Å². The normalized spacial score (nSPS) is 15.4. The second-order valence-corrected chi connectivity index (χ2v) is 8.15. The molecule has 1 aromatic heterocycles. The van der Waals surface area contributed by atoms with Crippen molar-refractivity contribution in [1.29, 1.82) is 0 Å². The van der Waals surface area contributed by atoms with Gasteiger partial charge in [0, 0.05) is 38.8 Å². The molecule has 4 rings (SSSR count). The maximum atomic E-state index is 12.8. The van der Waals surface area contributed by atoms with E-state index in [2.05, 4.69) is 4.98 Å². The van der Waals surface area contributed by atoms with Gasteiger partial charge in [-0.25, -0.2) is 4.98 Å². The molecule has 2 aliphatic rings.